The number of hydrogen-bond acceptors (Lipinski definition) is 4. The maximum Gasteiger partial charge on any atom is 0.163 e. The van der Waals surface area contributed by atoms with Crippen LogP contribution in [0.4, 0.5) is 0 Å². The van der Waals surface area contributed by atoms with E-state index >= 15 is 0 Å². The van der Waals surface area contributed by atoms with E-state index in [0.717, 1.165) is 19.3 Å². The summed E-state index contributed by atoms with van der Waals surface area (Å²) in [5, 5.41) is 30.7. The molecule has 0 radical (unpaired) electrons. The number of phenolic OH excluding ortho intramolecular Hbond substituents is 2. The normalized spacial score (nSPS) is 29.7. The molecule has 2 unspecified atom stereocenters. The van der Waals surface area contributed by atoms with E-state index in [9.17, 15) is 20.1 Å². The molecule has 0 saturated heterocycles. The number of carbonyl (C=O) groups excluding carboxylic acids is 1. The van der Waals surface area contributed by atoms with Gasteiger partial charge in [0.1, 0.15) is 0 Å². The van der Waals surface area contributed by atoms with Crippen LogP contribution in [0.15, 0.2) is 6.07 Å². The lowest BCUT2D eigenvalue weighted by Gasteiger charge is -2.53. The number of fused-ring (bicyclic) bond motifs is 3. The molecule has 24 heavy (non-hydrogen) atoms. The molecule has 0 aromatic heterocycles. The molecule has 1 saturated carbocycles. The number of aromatic hydroxyl groups is 2. The van der Waals surface area contributed by atoms with Gasteiger partial charge in [-0.25, -0.2) is 0 Å². The molecule has 4 heteroatoms. The van der Waals surface area contributed by atoms with E-state index < -0.39 is 0 Å². The Morgan fingerprint density at radius 2 is 1.88 bits per heavy atom. The van der Waals surface area contributed by atoms with Crippen LogP contribution < -0.4 is 0 Å². The van der Waals surface area contributed by atoms with Crippen molar-refractivity contribution in [3.8, 4) is 11.5 Å². The van der Waals surface area contributed by atoms with Crippen molar-refractivity contribution in [2.45, 2.75) is 64.7 Å². The summed E-state index contributed by atoms with van der Waals surface area (Å²) in [4.78, 5) is 12.8. The van der Waals surface area contributed by atoms with E-state index in [2.05, 4.69) is 20.8 Å². The minimum absolute atomic E-state index is 0.0273. The SMILES string of the molecule is CC(CO)c1cc2c(c(O)c1O)[C@@]1(C)CCCC(C)(C)C1CC2=O. The molecule has 3 atom stereocenters. The number of Topliss-reactive ketones (excluding diaryl/α,β-unsaturated/α-hetero) is 1. The second-order valence-corrected chi connectivity index (χ2v) is 8.61. The zero-order valence-electron chi connectivity index (χ0n) is 15.0. The fourth-order valence-corrected chi connectivity index (χ4v) is 5.17. The third-order valence-corrected chi connectivity index (χ3v) is 6.60. The Morgan fingerprint density at radius 1 is 1.21 bits per heavy atom. The molecule has 0 heterocycles. The molecular formula is C20H28O4. The van der Waals surface area contributed by atoms with E-state index in [4.69, 9.17) is 0 Å². The molecule has 0 amide bonds. The molecule has 1 aromatic carbocycles. The van der Waals surface area contributed by atoms with Crippen molar-refractivity contribution >= 4 is 5.78 Å². The molecule has 0 bridgehead atoms. The average molecular weight is 332 g/mol. The number of carbonyl (C=O) groups is 1. The predicted molar refractivity (Wildman–Crippen MR) is 92.7 cm³/mol. The number of phenols is 2. The zero-order chi connectivity index (χ0) is 17.9. The summed E-state index contributed by atoms with van der Waals surface area (Å²) >= 11 is 0. The largest absolute Gasteiger partial charge is 0.504 e. The van der Waals surface area contributed by atoms with Crippen LogP contribution in [0.3, 0.4) is 0 Å². The summed E-state index contributed by atoms with van der Waals surface area (Å²) in [5.74, 6) is -0.494. The number of ketones is 1. The summed E-state index contributed by atoms with van der Waals surface area (Å²) < 4.78 is 0. The van der Waals surface area contributed by atoms with E-state index in [0.29, 0.717) is 23.1 Å². The molecule has 2 aliphatic carbocycles. The smallest absolute Gasteiger partial charge is 0.163 e. The summed E-state index contributed by atoms with van der Waals surface area (Å²) in [7, 11) is 0. The minimum atomic E-state index is -0.331. The highest BCUT2D eigenvalue weighted by atomic mass is 16.3. The molecule has 4 nitrogen and oxygen atoms in total. The van der Waals surface area contributed by atoms with E-state index in [1.54, 1.807) is 13.0 Å². The van der Waals surface area contributed by atoms with Gasteiger partial charge in [-0.1, -0.05) is 34.1 Å². The fraction of sp³-hybridized carbons (Fsp3) is 0.650. The van der Waals surface area contributed by atoms with E-state index in [1.807, 2.05) is 0 Å². The molecule has 132 valence electrons. The molecule has 2 aliphatic rings. The van der Waals surface area contributed by atoms with Crippen LogP contribution in [-0.4, -0.2) is 27.7 Å². The van der Waals surface area contributed by atoms with Gasteiger partial charge >= 0.3 is 0 Å². The van der Waals surface area contributed by atoms with Gasteiger partial charge < -0.3 is 15.3 Å². The Labute approximate surface area is 143 Å². The molecule has 0 aliphatic heterocycles. The second kappa shape index (κ2) is 5.48. The standard InChI is InChI=1S/C20H28O4/c1-11(10-21)12-8-13-14(22)9-15-19(2,3)6-5-7-20(15,4)16(13)18(24)17(12)23/h8,11,15,21,23-24H,5-7,9-10H2,1-4H3/t11?,15?,20-/m0/s1. The third-order valence-electron chi connectivity index (χ3n) is 6.60. The first-order chi connectivity index (χ1) is 11.1. The molecular weight excluding hydrogens is 304 g/mol. The third kappa shape index (κ3) is 2.26. The second-order valence-electron chi connectivity index (χ2n) is 8.61. The van der Waals surface area contributed by atoms with Crippen LogP contribution in [0.5, 0.6) is 11.5 Å². The van der Waals surface area contributed by atoms with Gasteiger partial charge in [0.05, 0.1) is 0 Å². The molecule has 3 N–H and O–H groups in total. The van der Waals surface area contributed by atoms with Gasteiger partial charge in [-0.15, -0.1) is 0 Å². The van der Waals surface area contributed by atoms with Crippen molar-refractivity contribution < 1.29 is 20.1 Å². The van der Waals surface area contributed by atoms with Crippen molar-refractivity contribution in [1.82, 2.24) is 0 Å². The fourth-order valence-electron chi connectivity index (χ4n) is 5.17. The highest BCUT2D eigenvalue weighted by Crippen LogP contribution is 2.60. The van der Waals surface area contributed by atoms with Crippen LogP contribution in [0.2, 0.25) is 0 Å². The van der Waals surface area contributed by atoms with Gasteiger partial charge in [0.2, 0.25) is 0 Å². The highest BCUT2D eigenvalue weighted by Gasteiger charge is 2.53. The molecule has 1 aromatic rings. The van der Waals surface area contributed by atoms with Crippen LogP contribution in [0.25, 0.3) is 0 Å². The maximum atomic E-state index is 12.8. The topological polar surface area (TPSA) is 77.8 Å². The first-order valence-corrected chi connectivity index (χ1v) is 8.87. The van der Waals surface area contributed by atoms with Gasteiger partial charge in [-0.2, -0.15) is 0 Å². The molecule has 3 rings (SSSR count). The minimum Gasteiger partial charge on any atom is -0.504 e. The quantitative estimate of drug-likeness (QED) is 0.719. The lowest BCUT2D eigenvalue weighted by Crippen LogP contribution is -2.49. The predicted octanol–water partition coefficient (Wildman–Crippen LogP) is 3.86. The molecule has 0 spiro atoms. The highest BCUT2D eigenvalue weighted by molar-refractivity contribution is 6.01. The van der Waals surface area contributed by atoms with Crippen LogP contribution in [0.1, 0.15) is 80.8 Å². The maximum absolute atomic E-state index is 12.8. The first kappa shape index (κ1) is 17.3. The Bertz CT molecular complexity index is 691. The van der Waals surface area contributed by atoms with Gasteiger partial charge in [-0.3, -0.25) is 4.79 Å². The Kier molecular flexibility index (Phi) is 3.95. The number of hydrogen-bond donors (Lipinski definition) is 3. The van der Waals surface area contributed by atoms with Crippen LogP contribution in [-0.2, 0) is 5.41 Å². The van der Waals surface area contributed by atoms with Crippen LogP contribution >= 0.6 is 0 Å². The summed E-state index contributed by atoms with van der Waals surface area (Å²) in [6, 6.07) is 1.69. The Morgan fingerprint density at radius 3 is 2.50 bits per heavy atom. The number of aliphatic hydroxyl groups is 1. The van der Waals surface area contributed by atoms with Crippen molar-refractivity contribution in [2.75, 3.05) is 6.61 Å². The summed E-state index contributed by atoms with van der Waals surface area (Å²) in [5.41, 5.74) is 1.30. The summed E-state index contributed by atoms with van der Waals surface area (Å²) in [6.07, 6.45) is 3.50. The average Bonchev–Trinajstić information content (AvgIpc) is 2.51. The number of benzene rings is 1. The van der Waals surface area contributed by atoms with Crippen molar-refractivity contribution in [2.24, 2.45) is 11.3 Å². The monoisotopic (exact) mass is 332 g/mol. The lowest BCUT2D eigenvalue weighted by atomic mass is 9.50. The Hall–Kier alpha value is -1.55. The van der Waals surface area contributed by atoms with Gasteiger partial charge in [0.25, 0.3) is 0 Å². The van der Waals surface area contributed by atoms with E-state index in [1.165, 1.54) is 0 Å². The van der Waals surface area contributed by atoms with E-state index in [-0.39, 0.29) is 46.6 Å². The van der Waals surface area contributed by atoms with Crippen LogP contribution in [0, 0.1) is 11.3 Å². The summed E-state index contributed by atoms with van der Waals surface area (Å²) in [6.45, 7) is 8.15. The van der Waals surface area contributed by atoms with Gasteiger partial charge in [0.15, 0.2) is 17.3 Å². The first-order valence-electron chi connectivity index (χ1n) is 8.87. The Balaban J connectivity index is 2.26. The number of rotatable bonds is 2. The van der Waals surface area contributed by atoms with Crippen molar-refractivity contribution in [3.05, 3.63) is 22.8 Å². The van der Waals surface area contributed by atoms with Crippen molar-refractivity contribution in [3.63, 3.8) is 0 Å². The van der Waals surface area contributed by atoms with Gasteiger partial charge in [-0.05, 0) is 30.2 Å². The van der Waals surface area contributed by atoms with Gasteiger partial charge in [0, 0.05) is 41.1 Å². The lowest BCUT2D eigenvalue weighted by molar-refractivity contribution is 0.0354. The van der Waals surface area contributed by atoms with Crippen molar-refractivity contribution in [1.29, 1.82) is 0 Å². The number of aliphatic hydroxyl groups excluding tert-OH is 1. The molecule has 1 fully saturated rings. The zero-order valence-corrected chi connectivity index (χ0v) is 15.0.